The van der Waals surface area contributed by atoms with Crippen LogP contribution in [-0.4, -0.2) is 44.8 Å². The SMILES string of the molecule is Cc1ccccc1C1CCN(C(=NCc2nnc(C)n2C)NC2CC2)C1.I. The number of aromatic nitrogens is 3. The van der Waals surface area contributed by atoms with E-state index in [1.54, 1.807) is 0 Å². The number of nitrogens with one attached hydrogen (secondary N) is 1. The van der Waals surface area contributed by atoms with Crippen LogP contribution in [0.4, 0.5) is 0 Å². The number of hydrogen-bond acceptors (Lipinski definition) is 3. The largest absolute Gasteiger partial charge is 0.353 e. The van der Waals surface area contributed by atoms with Gasteiger partial charge in [-0.3, -0.25) is 0 Å². The second kappa shape index (κ2) is 8.58. The molecule has 2 heterocycles. The van der Waals surface area contributed by atoms with Crippen molar-refractivity contribution < 1.29 is 0 Å². The Morgan fingerprint density at radius 1 is 1.19 bits per heavy atom. The first-order valence-corrected chi connectivity index (χ1v) is 9.58. The standard InChI is InChI=1S/C20H28N6.HI/c1-14-6-4-5-7-18(14)16-10-11-26(13-16)20(22-17-8-9-17)21-12-19-24-23-15(2)25(19)3;/h4-7,16-17H,8-13H2,1-3H3,(H,21,22);1H. The molecule has 1 saturated heterocycles. The number of guanidine groups is 1. The molecule has 4 rings (SSSR count). The zero-order chi connectivity index (χ0) is 18.1. The molecule has 2 fully saturated rings. The Hall–Kier alpha value is -1.64. The fourth-order valence-electron chi connectivity index (χ4n) is 3.63. The van der Waals surface area contributed by atoms with Crippen LogP contribution < -0.4 is 5.32 Å². The number of aryl methyl sites for hydroxylation is 2. The average Bonchev–Trinajstić information content (AvgIpc) is 3.23. The summed E-state index contributed by atoms with van der Waals surface area (Å²) in [6, 6.07) is 9.35. The maximum atomic E-state index is 4.89. The molecule has 146 valence electrons. The van der Waals surface area contributed by atoms with E-state index < -0.39 is 0 Å². The molecule has 1 aliphatic heterocycles. The van der Waals surface area contributed by atoms with E-state index in [1.807, 2.05) is 18.5 Å². The lowest BCUT2D eigenvalue weighted by molar-refractivity contribution is 0.482. The Morgan fingerprint density at radius 2 is 1.96 bits per heavy atom. The molecule has 6 nitrogen and oxygen atoms in total. The Labute approximate surface area is 178 Å². The summed E-state index contributed by atoms with van der Waals surface area (Å²) in [5, 5.41) is 12.0. The molecule has 2 aromatic rings. The highest BCUT2D eigenvalue weighted by Crippen LogP contribution is 2.30. The van der Waals surface area contributed by atoms with Crippen LogP contribution in [0.5, 0.6) is 0 Å². The van der Waals surface area contributed by atoms with Gasteiger partial charge >= 0.3 is 0 Å². The molecular weight excluding hydrogens is 451 g/mol. The summed E-state index contributed by atoms with van der Waals surface area (Å²) in [4.78, 5) is 7.30. The number of hydrogen-bond donors (Lipinski definition) is 1. The lowest BCUT2D eigenvalue weighted by atomic mass is 9.94. The highest BCUT2D eigenvalue weighted by Gasteiger charge is 2.30. The van der Waals surface area contributed by atoms with Crippen molar-refractivity contribution in [2.24, 2.45) is 12.0 Å². The number of nitrogens with zero attached hydrogens (tertiary/aromatic N) is 5. The van der Waals surface area contributed by atoms with Gasteiger partial charge in [0.2, 0.25) is 0 Å². The van der Waals surface area contributed by atoms with Crippen molar-refractivity contribution in [1.82, 2.24) is 25.0 Å². The van der Waals surface area contributed by atoms with E-state index in [-0.39, 0.29) is 24.0 Å². The molecule has 0 spiro atoms. The van der Waals surface area contributed by atoms with Crippen molar-refractivity contribution in [3.05, 3.63) is 47.0 Å². The Morgan fingerprint density at radius 3 is 2.63 bits per heavy atom. The second-order valence-electron chi connectivity index (χ2n) is 7.57. The Balaban J connectivity index is 0.00000210. The monoisotopic (exact) mass is 480 g/mol. The van der Waals surface area contributed by atoms with Crippen LogP contribution >= 0.6 is 24.0 Å². The van der Waals surface area contributed by atoms with Gasteiger partial charge in [-0.15, -0.1) is 34.2 Å². The van der Waals surface area contributed by atoms with Crippen LogP contribution in [0.2, 0.25) is 0 Å². The summed E-state index contributed by atoms with van der Waals surface area (Å²) in [6.45, 7) is 6.83. The summed E-state index contributed by atoms with van der Waals surface area (Å²) < 4.78 is 2.01. The van der Waals surface area contributed by atoms with Gasteiger partial charge in [-0.1, -0.05) is 24.3 Å². The number of benzene rings is 1. The summed E-state index contributed by atoms with van der Waals surface area (Å²) in [5.74, 6) is 3.45. The highest BCUT2D eigenvalue weighted by atomic mass is 127. The first-order valence-electron chi connectivity index (χ1n) is 9.58. The fourth-order valence-corrected chi connectivity index (χ4v) is 3.63. The Bertz CT molecular complexity index is 811. The van der Waals surface area contributed by atoms with Crippen LogP contribution in [0.3, 0.4) is 0 Å². The maximum Gasteiger partial charge on any atom is 0.194 e. The zero-order valence-corrected chi connectivity index (χ0v) is 18.7. The molecule has 0 bridgehead atoms. The number of aliphatic imine (C=N–C) groups is 1. The summed E-state index contributed by atoms with van der Waals surface area (Å²) >= 11 is 0. The minimum atomic E-state index is 0. The van der Waals surface area contributed by atoms with Crippen LogP contribution in [0.25, 0.3) is 0 Å². The molecule has 0 amide bonds. The summed E-state index contributed by atoms with van der Waals surface area (Å²) in [5.41, 5.74) is 2.87. The topological polar surface area (TPSA) is 58.3 Å². The normalized spacial score (nSPS) is 19.9. The number of rotatable bonds is 4. The molecule has 1 aliphatic carbocycles. The third kappa shape index (κ3) is 4.62. The van der Waals surface area contributed by atoms with Crippen LogP contribution in [0.15, 0.2) is 29.3 Å². The Kier molecular flexibility index (Phi) is 6.39. The molecule has 1 saturated carbocycles. The van der Waals surface area contributed by atoms with Crippen molar-refractivity contribution in [1.29, 1.82) is 0 Å². The lowest BCUT2D eigenvalue weighted by Gasteiger charge is -2.22. The van der Waals surface area contributed by atoms with Crippen molar-refractivity contribution >= 4 is 29.9 Å². The number of halogens is 1. The zero-order valence-electron chi connectivity index (χ0n) is 16.4. The second-order valence-corrected chi connectivity index (χ2v) is 7.57. The van der Waals surface area contributed by atoms with Crippen LogP contribution in [0, 0.1) is 13.8 Å². The molecule has 2 aliphatic rings. The van der Waals surface area contributed by atoms with E-state index in [4.69, 9.17) is 4.99 Å². The molecule has 1 N–H and O–H groups in total. The third-order valence-corrected chi connectivity index (χ3v) is 5.58. The smallest absolute Gasteiger partial charge is 0.194 e. The quantitative estimate of drug-likeness (QED) is 0.415. The van der Waals surface area contributed by atoms with Crippen molar-refractivity contribution in [3.63, 3.8) is 0 Å². The van der Waals surface area contributed by atoms with Gasteiger partial charge in [0.25, 0.3) is 0 Å². The molecule has 7 heteroatoms. The lowest BCUT2D eigenvalue weighted by Crippen LogP contribution is -2.41. The molecule has 1 unspecified atom stereocenters. The highest BCUT2D eigenvalue weighted by molar-refractivity contribution is 14.0. The van der Waals surface area contributed by atoms with Gasteiger partial charge in [0.05, 0.1) is 0 Å². The summed E-state index contributed by atoms with van der Waals surface area (Å²) in [7, 11) is 2.00. The average molecular weight is 480 g/mol. The first kappa shape index (κ1) is 20.1. The van der Waals surface area contributed by atoms with E-state index in [0.29, 0.717) is 18.5 Å². The predicted molar refractivity (Wildman–Crippen MR) is 119 cm³/mol. The number of likely N-dealkylation sites (tertiary alicyclic amines) is 1. The molecule has 27 heavy (non-hydrogen) atoms. The van der Waals surface area contributed by atoms with Gasteiger partial charge in [-0.2, -0.15) is 0 Å². The predicted octanol–water partition coefficient (Wildman–Crippen LogP) is 3.15. The van der Waals surface area contributed by atoms with Gasteiger partial charge in [0.15, 0.2) is 11.8 Å². The van der Waals surface area contributed by atoms with Gasteiger partial charge in [-0.05, 0) is 44.2 Å². The molecule has 1 aromatic heterocycles. The van der Waals surface area contributed by atoms with Gasteiger partial charge in [0, 0.05) is 32.1 Å². The van der Waals surface area contributed by atoms with Crippen molar-refractivity contribution in [2.45, 2.75) is 51.6 Å². The van der Waals surface area contributed by atoms with Gasteiger partial charge in [-0.25, -0.2) is 4.99 Å². The molecule has 0 radical (unpaired) electrons. The fraction of sp³-hybridized carbons (Fsp3) is 0.550. The molecular formula is C20H29IN6. The van der Waals surface area contributed by atoms with Gasteiger partial charge in [0.1, 0.15) is 12.4 Å². The first-order chi connectivity index (χ1) is 12.6. The van der Waals surface area contributed by atoms with E-state index in [2.05, 4.69) is 51.6 Å². The van der Waals surface area contributed by atoms with E-state index in [9.17, 15) is 0 Å². The van der Waals surface area contributed by atoms with Gasteiger partial charge < -0.3 is 14.8 Å². The third-order valence-electron chi connectivity index (χ3n) is 5.58. The molecule has 1 atom stereocenters. The van der Waals surface area contributed by atoms with Crippen LogP contribution in [-0.2, 0) is 13.6 Å². The maximum absolute atomic E-state index is 4.89. The minimum absolute atomic E-state index is 0. The van der Waals surface area contributed by atoms with Crippen molar-refractivity contribution in [3.8, 4) is 0 Å². The van der Waals surface area contributed by atoms with E-state index >= 15 is 0 Å². The van der Waals surface area contributed by atoms with Crippen molar-refractivity contribution in [2.75, 3.05) is 13.1 Å². The minimum Gasteiger partial charge on any atom is -0.353 e. The summed E-state index contributed by atoms with van der Waals surface area (Å²) in [6.07, 6.45) is 3.67. The van der Waals surface area contributed by atoms with E-state index in [1.165, 1.54) is 30.4 Å². The molecule has 1 aromatic carbocycles. The van der Waals surface area contributed by atoms with Crippen LogP contribution in [0.1, 0.15) is 48.0 Å². The van der Waals surface area contributed by atoms with E-state index in [0.717, 1.165) is 30.7 Å².